The topological polar surface area (TPSA) is 96.5 Å². The molecule has 0 aliphatic carbocycles. The van der Waals surface area contributed by atoms with Crippen LogP contribution in [-0.4, -0.2) is 45.5 Å². The first kappa shape index (κ1) is 14.5. The van der Waals surface area contributed by atoms with Gasteiger partial charge in [-0.05, 0) is 31.4 Å². The number of nitrogens with two attached hydrogens (primary N) is 1. The number of aliphatic hydroxyl groups is 1. The predicted octanol–water partition coefficient (Wildman–Crippen LogP) is 0.314. The highest BCUT2D eigenvalue weighted by atomic mass is 16.3. The first-order chi connectivity index (χ1) is 9.50. The minimum Gasteiger partial charge on any atom is -0.388 e. The number of β-amino-alcohol motifs (C(OH)–C–C–N with tert-alkyl or cyclic N) is 1. The van der Waals surface area contributed by atoms with Gasteiger partial charge in [0, 0.05) is 31.9 Å². The summed E-state index contributed by atoms with van der Waals surface area (Å²) in [4.78, 5) is 28.7. The van der Waals surface area contributed by atoms with Crippen LogP contribution in [0.5, 0.6) is 0 Å². The Labute approximate surface area is 117 Å². The molecule has 1 aromatic rings. The monoisotopic (exact) mass is 277 g/mol. The summed E-state index contributed by atoms with van der Waals surface area (Å²) in [5, 5.41) is 10.5. The summed E-state index contributed by atoms with van der Waals surface area (Å²) in [5.74, 6) is -0.579. The van der Waals surface area contributed by atoms with Gasteiger partial charge in [0.15, 0.2) is 0 Å². The van der Waals surface area contributed by atoms with Crippen LogP contribution < -0.4 is 5.73 Å². The summed E-state index contributed by atoms with van der Waals surface area (Å²) in [6, 6.07) is 3.41. The van der Waals surface area contributed by atoms with Gasteiger partial charge < -0.3 is 15.7 Å². The van der Waals surface area contributed by atoms with Crippen LogP contribution in [0.25, 0.3) is 0 Å². The van der Waals surface area contributed by atoms with Crippen LogP contribution in [0.4, 0.5) is 0 Å². The van der Waals surface area contributed by atoms with E-state index in [9.17, 15) is 14.7 Å². The lowest BCUT2D eigenvalue weighted by molar-refractivity contribution is -0.120. The van der Waals surface area contributed by atoms with Gasteiger partial charge in [0.25, 0.3) is 5.91 Å². The third-order valence-corrected chi connectivity index (χ3v) is 3.59. The Hall–Kier alpha value is -1.95. The molecule has 20 heavy (non-hydrogen) atoms. The van der Waals surface area contributed by atoms with Gasteiger partial charge in [-0.25, -0.2) is 0 Å². The second kappa shape index (κ2) is 6.00. The molecule has 1 aliphatic heterocycles. The summed E-state index contributed by atoms with van der Waals surface area (Å²) in [6.45, 7) is 0.834. The van der Waals surface area contributed by atoms with Crippen LogP contribution in [0.3, 0.4) is 0 Å². The normalized spacial score (nSPS) is 22.6. The SMILES string of the molecule is NC(=O)CCC1(O)CCCN(C(=O)c2cccnc2)C1. The van der Waals surface area contributed by atoms with Crippen molar-refractivity contribution in [3.05, 3.63) is 30.1 Å². The van der Waals surface area contributed by atoms with E-state index in [1.165, 1.54) is 6.20 Å². The van der Waals surface area contributed by atoms with Gasteiger partial charge in [-0.1, -0.05) is 0 Å². The molecule has 0 radical (unpaired) electrons. The highest BCUT2D eigenvalue weighted by Crippen LogP contribution is 2.26. The molecule has 1 saturated heterocycles. The van der Waals surface area contributed by atoms with Gasteiger partial charge in [0.05, 0.1) is 11.2 Å². The number of hydrogen-bond donors (Lipinski definition) is 2. The maximum atomic E-state index is 12.3. The van der Waals surface area contributed by atoms with Crippen molar-refractivity contribution in [3.8, 4) is 0 Å². The van der Waals surface area contributed by atoms with Gasteiger partial charge in [-0.15, -0.1) is 0 Å². The zero-order chi connectivity index (χ0) is 14.6. The molecule has 0 bridgehead atoms. The van der Waals surface area contributed by atoms with E-state index >= 15 is 0 Å². The van der Waals surface area contributed by atoms with E-state index in [0.717, 1.165) is 0 Å². The second-order valence-corrected chi connectivity index (χ2v) is 5.26. The lowest BCUT2D eigenvalue weighted by Crippen LogP contribution is -2.50. The van der Waals surface area contributed by atoms with Gasteiger partial charge in [-0.3, -0.25) is 14.6 Å². The molecule has 1 atom stereocenters. The molecule has 3 N–H and O–H groups in total. The Kier molecular flexibility index (Phi) is 4.34. The summed E-state index contributed by atoms with van der Waals surface area (Å²) in [7, 11) is 0. The van der Waals surface area contributed by atoms with E-state index < -0.39 is 11.5 Å². The van der Waals surface area contributed by atoms with E-state index in [1.54, 1.807) is 23.2 Å². The van der Waals surface area contributed by atoms with Gasteiger partial charge in [-0.2, -0.15) is 0 Å². The molecule has 108 valence electrons. The Balaban J connectivity index is 2.03. The van der Waals surface area contributed by atoms with E-state index in [4.69, 9.17) is 5.73 Å². The van der Waals surface area contributed by atoms with Crippen LogP contribution in [0.2, 0.25) is 0 Å². The lowest BCUT2D eigenvalue weighted by Gasteiger charge is -2.39. The molecule has 1 aromatic heterocycles. The third-order valence-electron chi connectivity index (χ3n) is 3.59. The molecular weight excluding hydrogens is 258 g/mol. The molecule has 0 aromatic carbocycles. The van der Waals surface area contributed by atoms with Gasteiger partial charge in [0.2, 0.25) is 5.91 Å². The van der Waals surface area contributed by atoms with Crippen LogP contribution in [0.1, 0.15) is 36.0 Å². The number of piperidine rings is 1. The van der Waals surface area contributed by atoms with Crippen molar-refractivity contribution in [2.75, 3.05) is 13.1 Å². The Morgan fingerprint density at radius 1 is 1.50 bits per heavy atom. The van der Waals surface area contributed by atoms with Crippen molar-refractivity contribution < 1.29 is 14.7 Å². The summed E-state index contributed by atoms with van der Waals surface area (Å²) < 4.78 is 0. The maximum Gasteiger partial charge on any atom is 0.255 e. The smallest absolute Gasteiger partial charge is 0.255 e. The Morgan fingerprint density at radius 3 is 2.95 bits per heavy atom. The zero-order valence-corrected chi connectivity index (χ0v) is 11.3. The molecule has 2 rings (SSSR count). The van der Waals surface area contributed by atoms with E-state index in [1.807, 2.05) is 0 Å². The lowest BCUT2D eigenvalue weighted by atomic mass is 9.88. The zero-order valence-electron chi connectivity index (χ0n) is 11.3. The molecule has 6 nitrogen and oxygen atoms in total. The standard InChI is InChI=1S/C14H19N3O3/c15-12(18)4-6-14(20)5-2-8-17(10-14)13(19)11-3-1-7-16-9-11/h1,3,7,9,20H,2,4-6,8,10H2,(H2,15,18). The fourth-order valence-corrected chi connectivity index (χ4v) is 2.52. The fourth-order valence-electron chi connectivity index (χ4n) is 2.52. The third kappa shape index (κ3) is 3.54. The summed E-state index contributed by atoms with van der Waals surface area (Å²) >= 11 is 0. The van der Waals surface area contributed by atoms with Crippen molar-refractivity contribution in [2.45, 2.75) is 31.3 Å². The van der Waals surface area contributed by atoms with E-state index in [-0.39, 0.29) is 18.9 Å². The molecular formula is C14H19N3O3. The second-order valence-electron chi connectivity index (χ2n) is 5.26. The molecule has 2 amide bonds. The van der Waals surface area contributed by atoms with Crippen molar-refractivity contribution in [1.82, 2.24) is 9.88 Å². The average molecular weight is 277 g/mol. The predicted molar refractivity (Wildman–Crippen MR) is 72.8 cm³/mol. The fraction of sp³-hybridized carbons (Fsp3) is 0.500. The van der Waals surface area contributed by atoms with Crippen molar-refractivity contribution >= 4 is 11.8 Å². The molecule has 1 aliphatic rings. The van der Waals surface area contributed by atoms with E-state index in [0.29, 0.717) is 31.4 Å². The number of carbonyl (C=O) groups is 2. The highest BCUT2D eigenvalue weighted by molar-refractivity contribution is 5.94. The van der Waals surface area contributed by atoms with Crippen LogP contribution in [-0.2, 0) is 4.79 Å². The minimum absolute atomic E-state index is 0.130. The van der Waals surface area contributed by atoms with Crippen molar-refractivity contribution in [1.29, 1.82) is 0 Å². The number of aromatic nitrogens is 1. The maximum absolute atomic E-state index is 12.3. The number of pyridine rings is 1. The molecule has 1 unspecified atom stereocenters. The number of carbonyl (C=O) groups excluding carboxylic acids is 2. The first-order valence-corrected chi connectivity index (χ1v) is 6.70. The Morgan fingerprint density at radius 2 is 2.30 bits per heavy atom. The van der Waals surface area contributed by atoms with Crippen LogP contribution in [0, 0.1) is 0 Å². The van der Waals surface area contributed by atoms with Gasteiger partial charge in [0.1, 0.15) is 0 Å². The molecule has 2 heterocycles. The largest absolute Gasteiger partial charge is 0.388 e. The number of rotatable bonds is 4. The first-order valence-electron chi connectivity index (χ1n) is 6.70. The van der Waals surface area contributed by atoms with Crippen molar-refractivity contribution in [3.63, 3.8) is 0 Å². The number of amides is 2. The molecule has 1 fully saturated rings. The van der Waals surface area contributed by atoms with Crippen LogP contribution in [0.15, 0.2) is 24.5 Å². The molecule has 6 heteroatoms. The highest BCUT2D eigenvalue weighted by Gasteiger charge is 2.35. The number of nitrogens with zero attached hydrogens (tertiary/aromatic N) is 2. The number of hydrogen-bond acceptors (Lipinski definition) is 4. The Bertz CT molecular complexity index is 492. The molecule has 0 spiro atoms. The number of likely N-dealkylation sites (tertiary alicyclic amines) is 1. The minimum atomic E-state index is -1.02. The summed E-state index contributed by atoms with van der Waals surface area (Å²) in [5.41, 5.74) is 4.60. The van der Waals surface area contributed by atoms with Crippen LogP contribution >= 0.6 is 0 Å². The molecule has 0 saturated carbocycles. The van der Waals surface area contributed by atoms with Gasteiger partial charge >= 0.3 is 0 Å². The quantitative estimate of drug-likeness (QED) is 0.828. The number of primary amides is 1. The van der Waals surface area contributed by atoms with E-state index in [2.05, 4.69) is 4.98 Å². The summed E-state index contributed by atoms with van der Waals surface area (Å²) in [6.07, 6.45) is 4.83. The average Bonchev–Trinajstić information content (AvgIpc) is 2.45. The van der Waals surface area contributed by atoms with Crippen molar-refractivity contribution in [2.24, 2.45) is 5.73 Å².